The normalized spacial score (nSPS) is 23.1. The van der Waals surface area contributed by atoms with Crippen molar-refractivity contribution < 1.29 is 14.6 Å². The van der Waals surface area contributed by atoms with Crippen LogP contribution in [0.3, 0.4) is 0 Å². The van der Waals surface area contributed by atoms with Gasteiger partial charge in [-0.15, -0.1) is 0 Å². The van der Waals surface area contributed by atoms with Crippen molar-refractivity contribution in [1.29, 1.82) is 0 Å². The zero-order chi connectivity index (χ0) is 17.4. The molecular formula is C20H24N2O3. The minimum atomic E-state index is -0.453. The van der Waals surface area contributed by atoms with Crippen molar-refractivity contribution in [3.05, 3.63) is 41.6 Å². The summed E-state index contributed by atoms with van der Waals surface area (Å²) in [7, 11) is 0. The predicted molar refractivity (Wildman–Crippen MR) is 95.5 cm³/mol. The maximum atomic E-state index is 13.1. The van der Waals surface area contributed by atoms with Gasteiger partial charge in [0.15, 0.2) is 0 Å². The van der Waals surface area contributed by atoms with E-state index < -0.39 is 11.7 Å². The number of rotatable bonds is 1. The third-order valence-electron chi connectivity index (χ3n) is 5.59. The van der Waals surface area contributed by atoms with Crippen molar-refractivity contribution >= 4 is 16.8 Å². The molecule has 3 heterocycles. The van der Waals surface area contributed by atoms with E-state index in [0.717, 1.165) is 29.4 Å². The molecule has 4 rings (SSSR count). The number of aryl methyl sites for hydroxylation is 1. The second-order valence-corrected chi connectivity index (χ2v) is 7.19. The Kier molecular flexibility index (Phi) is 4.21. The first-order valence-electron chi connectivity index (χ1n) is 9.07. The number of hydrogen-bond acceptors (Lipinski definition) is 4. The van der Waals surface area contributed by atoms with Crippen LogP contribution in [0.2, 0.25) is 0 Å². The van der Waals surface area contributed by atoms with Gasteiger partial charge in [0, 0.05) is 30.8 Å². The van der Waals surface area contributed by atoms with Gasteiger partial charge in [0.1, 0.15) is 0 Å². The Balaban J connectivity index is 1.57. The van der Waals surface area contributed by atoms with E-state index in [2.05, 4.69) is 4.98 Å². The number of fused-ring (bicyclic) bond motifs is 1. The molecule has 2 saturated heterocycles. The van der Waals surface area contributed by atoms with Gasteiger partial charge in [0.2, 0.25) is 0 Å². The highest BCUT2D eigenvalue weighted by atomic mass is 16.5. The third-order valence-corrected chi connectivity index (χ3v) is 5.59. The zero-order valence-corrected chi connectivity index (χ0v) is 14.6. The van der Waals surface area contributed by atoms with Crippen LogP contribution in [0.4, 0.5) is 0 Å². The number of hydrogen-bond donors (Lipinski definition) is 1. The first-order valence-corrected chi connectivity index (χ1v) is 9.07. The lowest BCUT2D eigenvalue weighted by atomic mass is 9.82. The SMILES string of the molecule is Cc1cc(C(=O)N2CCC3(CC2)OCCC[C@H]3O)c2ccccc2n1. The van der Waals surface area contributed by atoms with Crippen LogP contribution in [0, 0.1) is 6.92 Å². The molecule has 0 saturated carbocycles. The molecule has 5 nitrogen and oxygen atoms in total. The first kappa shape index (κ1) is 16.5. The zero-order valence-electron chi connectivity index (χ0n) is 14.6. The van der Waals surface area contributed by atoms with Crippen molar-refractivity contribution in [2.24, 2.45) is 0 Å². The lowest BCUT2D eigenvalue weighted by molar-refractivity contribution is -0.174. The number of carbonyl (C=O) groups excluding carboxylic acids is 1. The third kappa shape index (κ3) is 2.92. The Morgan fingerprint density at radius 2 is 2.08 bits per heavy atom. The molecule has 0 radical (unpaired) electrons. The number of ether oxygens (including phenoxy) is 1. The Hall–Kier alpha value is -1.98. The largest absolute Gasteiger partial charge is 0.390 e. The average Bonchev–Trinajstić information content (AvgIpc) is 2.63. The molecule has 1 amide bonds. The van der Waals surface area contributed by atoms with Crippen LogP contribution in [0.1, 0.15) is 41.7 Å². The molecule has 1 N–H and O–H groups in total. The van der Waals surface area contributed by atoms with E-state index in [1.807, 2.05) is 42.2 Å². The molecular weight excluding hydrogens is 316 g/mol. The molecule has 2 aliphatic rings. The van der Waals surface area contributed by atoms with E-state index in [9.17, 15) is 9.90 Å². The van der Waals surface area contributed by atoms with Crippen LogP contribution in [0.5, 0.6) is 0 Å². The van der Waals surface area contributed by atoms with Crippen molar-refractivity contribution in [3.63, 3.8) is 0 Å². The number of aliphatic hydroxyl groups excluding tert-OH is 1. The highest BCUT2D eigenvalue weighted by Gasteiger charge is 2.44. The summed E-state index contributed by atoms with van der Waals surface area (Å²) in [5.74, 6) is 0.0434. The van der Waals surface area contributed by atoms with E-state index >= 15 is 0 Å². The smallest absolute Gasteiger partial charge is 0.254 e. The van der Waals surface area contributed by atoms with Crippen LogP contribution in [-0.4, -0.2) is 52.3 Å². The lowest BCUT2D eigenvalue weighted by Gasteiger charge is -2.46. The van der Waals surface area contributed by atoms with Crippen LogP contribution in [0.25, 0.3) is 10.9 Å². The number of pyridine rings is 1. The van der Waals surface area contributed by atoms with E-state index in [0.29, 0.717) is 38.1 Å². The fraction of sp³-hybridized carbons (Fsp3) is 0.500. The minimum absolute atomic E-state index is 0.0434. The Bertz CT molecular complexity index is 797. The summed E-state index contributed by atoms with van der Waals surface area (Å²) in [4.78, 5) is 19.5. The predicted octanol–water partition coefficient (Wildman–Crippen LogP) is 2.69. The molecule has 2 fully saturated rings. The molecule has 1 aromatic carbocycles. The van der Waals surface area contributed by atoms with Gasteiger partial charge in [0.25, 0.3) is 5.91 Å². The van der Waals surface area contributed by atoms with Gasteiger partial charge in [-0.05, 0) is 44.7 Å². The van der Waals surface area contributed by atoms with Crippen LogP contribution >= 0.6 is 0 Å². The lowest BCUT2D eigenvalue weighted by Crippen LogP contribution is -2.56. The van der Waals surface area contributed by atoms with Crippen molar-refractivity contribution in [1.82, 2.24) is 9.88 Å². The standard InChI is InChI=1S/C20H24N2O3/c1-14-13-16(15-5-2-3-6-17(15)21-14)19(24)22-10-8-20(9-11-22)18(23)7-4-12-25-20/h2-3,5-6,13,18,23H,4,7-12H2,1H3/t18-/m1/s1. The number of carbonyl (C=O) groups is 1. The fourth-order valence-electron chi connectivity index (χ4n) is 4.13. The van der Waals surface area contributed by atoms with Gasteiger partial charge in [-0.3, -0.25) is 9.78 Å². The molecule has 2 aromatic rings. The Morgan fingerprint density at radius 1 is 1.32 bits per heavy atom. The second kappa shape index (κ2) is 6.39. The number of aromatic nitrogens is 1. The van der Waals surface area contributed by atoms with Crippen molar-refractivity contribution in [3.8, 4) is 0 Å². The summed E-state index contributed by atoms with van der Waals surface area (Å²) < 4.78 is 5.94. The minimum Gasteiger partial charge on any atom is -0.390 e. The molecule has 25 heavy (non-hydrogen) atoms. The first-order chi connectivity index (χ1) is 12.1. The Labute approximate surface area is 147 Å². The van der Waals surface area contributed by atoms with E-state index in [-0.39, 0.29) is 5.91 Å². The number of nitrogens with zero attached hydrogens (tertiary/aromatic N) is 2. The monoisotopic (exact) mass is 340 g/mol. The van der Waals surface area contributed by atoms with Gasteiger partial charge in [-0.25, -0.2) is 0 Å². The van der Waals surface area contributed by atoms with Crippen molar-refractivity contribution in [2.75, 3.05) is 19.7 Å². The summed E-state index contributed by atoms with van der Waals surface area (Å²) in [5, 5.41) is 11.3. The maximum absolute atomic E-state index is 13.1. The molecule has 1 atom stereocenters. The maximum Gasteiger partial charge on any atom is 0.254 e. The average molecular weight is 340 g/mol. The number of piperidine rings is 1. The summed E-state index contributed by atoms with van der Waals surface area (Å²) in [6.07, 6.45) is 2.68. The molecule has 132 valence electrons. The molecule has 2 aliphatic heterocycles. The van der Waals surface area contributed by atoms with Crippen LogP contribution < -0.4 is 0 Å². The van der Waals surface area contributed by atoms with E-state index in [1.165, 1.54) is 0 Å². The van der Waals surface area contributed by atoms with E-state index in [1.54, 1.807) is 0 Å². The number of amides is 1. The molecule has 0 unspecified atom stereocenters. The Morgan fingerprint density at radius 3 is 2.84 bits per heavy atom. The fourth-order valence-corrected chi connectivity index (χ4v) is 4.13. The summed E-state index contributed by atoms with van der Waals surface area (Å²) in [6, 6.07) is 9.65. The highest BCUT2D eigenvalue weighted by molar-refractivity contribution is 6.06. The summed E-state index contributed by atoms with van der Waals surface area (Å²) in [6.45, 7) is 3.86. The van der Waals surface area contributed by atoms with Crippen molar-refractivity contribution in [2.45, 2.75) is 44.3 Å². The molecule has 0 bridgehead atoms. The highest BCUT2D eigenvalue weighted by Crippen LogP contribution is 2.35. The van der Waals surface area contributed by atoms with Gasteiger partial charge in [0.05, 0.1) is 22.8 Å². The second-order valence-electron chi connectivity index (χ2n) is 7.19. The van der Waals surface area contributed by atoms with Gasteiger partial charge < -0.3 is 14.7 Å². The number of benzene rings is 1. The molecule has 1 spiro atoms. The van der Waals surface area contributed by atoms with Crippen LogP contribution in [0.15, 0.2) is 30.3 Å². The van der Waals surface area contributed by atoms with Crippen LogP contribution in [-0.2, 0) is 4.74 Å². The quantitative estimate of drug-likeness (QED) is 0.867. The summed E-state index contributed by atoms with van der Waals surface area (Å²) in [5.41, 5.74) is 1.96. The topological polar surface area (TPSA) is 62.7 Å². The van der Waals surface area contributed by atoms with Gasteiger partial charge in [-0.1, -0.05) is 18.2 Å². The number of aliphatic hydroxyl groups is 1. The number of para-hydroxylation sites is 1. The van der Waals surface area contributed by atoms with Gasteiger partial charge in [-0.2, -0.15) is 0 Å². The van der Waals surface area contributed by atoms with Gasteiger partial charge >= 0.3 is 0 Å². The molecule has 1 aromatic heterocycles. The number of likely N-dealkylation sites (tertiary alicyclic amines) is 1. The molecule has 5 heteroatoms. The summed E-state index contributed by atoms with van der Waals surface area (Å²) >= 11 is 0. The molecule has 0 aliphatic carbocycles. The van der Waals surface area contributed by atoms with E-state index in [4.69, 9.17) is 4.74 Å².